The van der Waals surface area contributed by atoms with Gasteiger partial charge < -0.3 is 10.6 Å². The van der Waals surface area contributed by atoms with Crippen molar-refractivity contribution in [2.24, 2.45) is 0 Å². The van der Waals surface area contributed by atoms with E-state index in [4.69, 9.17) is 12.2 Å². The second-order valence-electron chi connectivity index (χ2n) is 5.16. The van der Waals surface area contributed by atoms with Crippen LogP contribution in [0, 0.1) is 13.8 Å². The van der Waals surface area contributed by atoms with Gasteiger partial charge in [-0.2, -0.15) is 5.10 Å². The van der Waals surface area contributed by atoms with E-state index in [1.807, 2.05) is 23.7 Å². The largest absolute Gasteiger partial charge is 0.362 e. The topological polar surface area (TPSA) is 41.9 Å². The minimum atomic E-state index is 0.670. The maximum Gasteiger partial charge on any atom is 0.170 e. The molecule has 0 bridgehead atoms. The average Bonchev–Trinajstić information content (AvgIpc) is 2.77. The Kier molecular flexibility index (Phi) is 5.33. The summed E-state index contributed by atoms with van der Waals surface area (Å²) in [5, 5.41) is 11.5. The first-order valence-corrected chi connectivity index (χ1v) is 7.64. The van der Waals surface area contributed by atoms with Crippen LogP contribution in [0.5, 0.6) is 0 Å². The van der Waals surface area contributed by atoms with Crippen molar-refractivity contribution in [1.29, 1.82) is 0 Å². The third kappa shape index (κ3) is 4.56. The Balaban J connectivity index is 1.95. The van der Waals surface area contributed by atoms with Gasteiger partial charge >= 0.3 is 0 Å². The summed E-state index contributed by atoms with van der Waals surface area (Å²) < 4.78 is 2.02. The zero-order valence-corrected chi connectivity index (χ0v) is 13.6. The van der Waals surface area contributed by atoms with E-state index in [1.54, 1.807) is 0 Å². The fourth-order valence-electron chi connectivity index (χ4n) is 2.12. The van der Waals surface area contributed by atoms with Gasteiger partial charge in [-0.15, -0.1) is 0 Å². The summed E-state index contributed by atoms with van der Waals surface area (Å²) in [4.78, 5) is 0. The van der Waals surface area contributed by atoms with Crippen molar-refractivity contribution >= 4 is 23.0 Å². The van der Waals surface area contributed by atoms with Crippen LogP contribution in [-0.2, 0) is 6.54 Å². The molecular formula is C16H22N4S. The van der Waals surface area contributed by atoms with Gasteiger partial charge in [-0.3, -0.25) is 4.68 Å². The Labute approximate surface area is 131 Å². The van der Waals surface area contributed by atoms with E-state index in [-0.39, 0.29) is 0 Å². The summed E-state index contributed by atoms with van der Waals surface area (Å²) in [6.45, 7) is 7.89. The number of benzene rings is 1. The molecule has 0 aliphatic carbocycles. The SMILES string of the molecule is CCCNC(=S)Nc1ccc(Cn2nc(C)cc2C)cc1. The summed E-state index contributed by atoms with van der Waals surface area (Å²) >= 11 is 5.22. The standard InChI is InChI=1S/C16H22N4S/c1-4-9-17-16(21)18-15-7-5-14(6-8-15)11-20-13(3)10-12(2)19-20/h5-8,10H,4,9,11H2,1-3H3,(H2,17,18,21). The molecule has 2 aromatic rings. The van der Waals surface area contributed by atoms with Crippen LogP contribution in [-0.4, -0.2) is 21.4 Å². The van der Waals surface area contributed by atoms with Gasteiger partial charge in [0.1, 0.15) is 0 Å². The minimum absolute atomic E-state index is 0.670. The Morgan fingerprint density at radius 1 is 1.24 bits per heavy atom. The van der Waals surface area contributed by atoms with Crippen molar-refractivity contribution in [3.05, 3.63) is 47.3 Å². The zero-order chi connectivity index (χ0) is 15.2. The highest BCUT2D eigenvalue weighted by Gasteiger charge is 2.02. The lowest BCUT2D eigenvalue weighted by atomic mass is 10.2. The molecule has 21 heavy (non-hydrogen) atoms. The molecule has 1 aromatic heterocycles. The summed E-state index contributed by atoms with van der Waals surface area (Å²) in [5.41, 5.74) is 4.46. The quantitative estimate of drug-likeness (QED) is 0.832. The second-order valence-corrected chi connectivity index (χ2v) is 5.57. The van der Waals surface area contributed by atoms with Crippen LogP contribution in [0.4, 0.5) is 5.69 Å². The molecule has 4 nitrogen and oxygen atoms in total. The summed E-state index contributed by atoms with van der Waals surface area (Å²) in [6.07, 6.45) is 1.06. The van der Waals surface area contributed by atoms with Crippen molar-refractivity contribution in [2.75, 3.05) is 11.9 Å². The van der Waals surface area contributed by atoms with Crippen molar-refractivity contribution in [2.45, 2.75) is 33.7 Å². The Bertz CT molecular complexity index is 601. The molecule has 0 atom stereocenters. The maximum atomic E-state index is 5.22. The van der Waals surface area contributed by atoms with Crippen LogP contribution >= 0.6 is 12.2 Å². The molecule has 0 aliphatic heterocycles. The van der Waals surface area contributed by atoms with Gasteiger partial charge in [-0.25, -0.2) is 0 Å². The number of anilines is 1. The number of aromatic nitrogens is 2. The van der Waals surface area contributed by atoms with Gasteiger partial charge in [0, 0.05) is 17.9 Å². The van der Waals surface area contributed by atoms with E-state index in [0.717, 1.165) is 30.9 Å². The van der Waals surface area contributed by atoms with Gasteiger partial charge in [-0.05, 0) is 56.2 Å². The fourth-order valence-corrected chi connectivity index (χ4v) is 2.34. The molecule has 0 saturated carbocycles. The monoisotopic (exact) mass is 302 g/mol. The second kappa shape index (κ2) is 7.22. The highest BCUT2D eigenvalue weighted by molar-refractivity contribution is 7.80. The number of thiocarbonyl (C=S) groups is 1. The molecule has 1 aromatic carbocycles. The van der Waals surface area contributed by atoms with Gasteiger partial charge in [-0.1, -0.05) is 19.1 Å². The van der Waals surface area contributed by atoms with E-state index in [1.165, 1.54) is 11.3 Å². The van der Waals surface area contributed by atoms with E-state index in [2.05, 4.69) is 47.8 Å². The number of aryl methyl sites for hydroxylation is 2. The molecule has 0 unspecified atom stereocenters. The molecule has 0 spiro atoms. The molecule has 0 amide bonds. The predicted octanol–water partition coefficient (Wildman–Crippen LogP) is 3.24. The maximum absolute atomic E-state index is 5.22. The Morgan fingerprint density at radius 3 is 2.52 bits per heavy atom. The van der Waals surface area contributed by atoms with E-state index >= 15 is 0 Å². The predicted molar refractivity (Wildman–Crippen MR) is 91.8 cm³/mol. The highest BCUT2D eigenvalue weighted by Crippen LogP contribution is 2.12. The van der Waals surface area contributed by atoms with Gasteiger partial charge in [0.25, 0.3) is 0 Å². The first-order chi connectivity index (χ1) is 10.1. The zero-order valence-electron chi connectivity index (χ0n) is 12.8. The summed E-state index contributed by atoms with van der Waals surface area (Å²) in [6, 6.07) is 10.4. The molecule has 112 valence electrons. The van der Waals surface area contributed by atoms with Crippen molar-refractivity contribution in [1.82, 2.24) is 15.1 Å². The lowest BCUT2D eigenvalue weighted by Crippen LogP contribution is -2.28. The van der Waals surface area contributed by atoms with Crippen molar-refractivity contribution < 1.29 is 0 Å². The smallest absolute Gasteiger partial charge is 0.170 e. The van der Waals surface area contributed by atoms with E-state index < -0.39 is 0 Å². The molecule has 0 saturated heterocycles. The Hall–Kier alpha value is -1.88. The molecular weight excluding hydrogens is 280 g/mol. The van der Waals surface area contributed by atoms with Crippen molar-refractivity contribution in [3.8, 4) is 0 Å². The van der Waals surface area contributed by atoms with E-state index in [0.29, 0.717) is 5.11 Å². The lowest BCUT2D eigenvalue weighted by Gasteiger charge is -2.10. The van der Waals surface area contributed by atoms with Crippen LogP contribution in [0.2, 0.25) is 0 Å². The third-order valence-electron chi connectivity index (χ3n) is 3.18. The minimum Gasteiger partial charge on any atom is -0.362 e. The van der Waals surface area contributed by atoms with Crippen LogP contribution in [0.15, 0.2) is 30.3 Å². The van der Waals surface area contributed by atoms with Gasteiger partial charge in [0.05, 0.1) is 12.2 Å². The highest BCUT2D eigenvalue weighted by atomic mass is 32.1. The number of hydrogen-bond donors (Lipinski definition) is 2. The van der Waals surface area contributed by atoms with Gasteiger partial charge in [0.2, 0.25) is 0 Å². The molecule has 5 heteroatoms. The van der Waals surface area contributed by atoms with Crippen LogP contribution in [0.1, 0.15) is 30.3 Å². The third-order valence-corrected chi connectivity index (χ3v) is 3.43. The normalized spacial score (nSPS) is 10.4. The fraction of sp³-hybridized carbons (Fsp3) is 0.375. The van der Waals surface area contributed by atoms with Crippen LogP contribution < -0.4 is 10.6 Å². The number of nitrogens with zero attached hydrogens (tertiary/aromatic N) is 2. The van der Waals surface area contributed by atoms with Crippen LogP contribution in [0.25, 0.3) is 0 Å². The van der Waals surface area contributed by atoms with Gasteiger partial charge in [0.15, 0.2) is 5.11 Å². The summed E-state index contributed by atoms with van der Waals surface area (Å²) in [5.74, 6) is 0. The first-order valence-electron chi connectivity index (χ1n) is 7.23. The molecule has 0 fully saturated rings. The first kappa shape index (κ1) is 15.5. The average molecular weight is 302 g/mol. The molecule has 1 heterocycles. The summed E-state index contributed by atoms with van der Waals surface area (Å²) in [7, 11) is 0. The van der Waals surface area contributed by atoms with Crippen molar-refractivity contribution in [3.63, 3.8) is 0 Å². The lowest BCUT2D eigenvalue weighted by molar-refractivity contribution is 0.659. The number of hydrogen-bond acceptors (Lipinski definition) is 2. The molecule has 2 N–H and O–H groups in total. The number of nitrogens with one attached hydrogen (secondary N) is 2. The number of rotatable bonds is 5. The molecule has 0 aliphatic rings. The molecule has 2 rings (SSSR count). The van der Waals surface area contributed by atoms with E-state index in [9.17, 15) is 0 Å². The molecule has 0 radical (unpaired) electrons. The van der Waals surface area contributed by atoms with Crippen LogP contribution in [0.3, 0.4) is 0 Å². The Morgan fingerprint density at radius 2 is 1.95 bits per heavy atom.